The van der Waals surface area contributed by atoms with E-state index in [0.717, 1.165) is 25.7 Å². The third-order valence-corrected chi connectivity index (χ3v) is 2.95. The fourth-order valence-corrected chi connectivity index (χ4v) is 2.18. The van der Waals surface area contributed by atoms with Crippen LogP contribution < -0.4 is 0 Å². The van der Waals surface area contributed by atoms with Gasteiger partial charge in [0.05, 0.1) is 6.10 Å². The van der Waals surface area contributed by atoms with Crippen molar-refractivity contribution in [3.05, 3.63) is 12.7 Å². The summed E-state index contributed by atoms with van der Waals surface area (Å²) < 4.78 is 0. The van der Waals surface area contributed by atoms with E-state index in [2.05, 4.69) is 20.4 Å². The summed E-state index contributed by atoms with van der Waals surface area (Å²) in [5.74, 6) is 0.450. The van der Waals surface area contributed by atoms with E-state index in [9.17, 15) is 5.11 Å². The van der Waals surface area contributed by atoms with E-state index >= 15 is 0 Å². The van der Waals surface area contributed by atoms with Crippen molar-refractivity contribution in [1.82, 2.24) is 0 Å². The molecule has 1 heteroatoms. The summed E-state index contributed by atoms with van der Waals surface area (Å²) in [6, 6.07) is 0. The van der Waals surface area contributed by atoms with Crippen molar-refractivity contribution in [1.29, 1.82) is 0 Å². The standard InChI is InChI=1S/C11H20O/c1-4-5-9-8-11(2,3)7-6-10(9)12/h4,9-10,12H,1,5-8H2,2-3H3/t9-,10-/m1/s1. The van der Waals surface area contributed by atoms with E-state index in [4.69, 9.17) is 0 Å². The largest absolute Gasteiger partial charge is 0.393 e. The second-order valence-corrected chi connectivity index (χ2v) is 4.76. The molecule has 2 atom stereocenters. The number of aliphatic hydroxyl groups is 1. The summed E-state index contributed by atoms with van der Waals surface area (Å²) in [4.78, 5) is 0. The van der Waals surface area contributed by atoms with Gasteiger partial charge in [0, 0.05) is 0 Å². The van der Waals surface area contributed by atoms with Crippen molar-refractivity contribution >= 4 is 0 Å². The average Bonchev–Trinajstić information content (AvgIpc) is 1.97. The van der Waals surface area contributed by atoms with Crippen molar-refractivity contribution in [3.8, 4) is 0 Å². The second-order valence-electron chi connectivity index (χ2n) is 4.76. The van der Waals surface area contributed by atoms with Crippen LogP contribution in [0, 0.1) is 11.3 Å². The minimum Gasteiger partial charge on any atom is -0.393 e. The normalized spacial score (nSPS) is 34.6. The highest BCUT2D eigenvalue weighted by Gasteiger charge is 2.32. The Morgan fingerprint density at radius 1 is 1.58 bits per heavy atom. The zero-order valence-corrected chi connectivity index (χ0v) is 8.21. The molecule has 0 bridgehead atoms. The Bertz CT molecular complexity index is 160. The molecule has 1 fully saturated rings. The lowest BCUT2D eigenvalue weighted by molar-refractivity contribution is 0.0231. The summed E-state index contributed by atoms with van der Waals surface area (Å²) in [6.45, 7) is 8.30. The van der Waals surface area contributed by atoms with Crippen LogP contribution in [0.2, 0.25) is 0 Å². The third kappa shape index (κ3) is 2.34. The molecular weight excluding hydrogens is 148 g/mol. The summed E-state index contributed by atoms with van der Waals surface area (Å²) in [5, 5.41) is 9.68. The smallest absolute Gasteiger partial charge is 0.0571 e. The van der Waals surface area contributed by atoms with Crippen LogP contribution in [0.15, 0.2) is 12.7 Å². The Labute approximate surface area is 75.5 Å². The van der Waals surface area contributed by atoms with Crippen molar-refractivity contribution in [3.63, 3.8) is 0 Å². The van der Waals surface area contributed by atoms with Crippen LogP contribution in [-0.4, -0.2) is 11.2 Å². The Morgan fingerprint density at radius 3 is 2.83 bits per heavy atom. The lowest BCUT2D eigenvalue weighted by atomic mass is 9.70. The molecule has 1 aliphatic carbocycles. The zero-order valence-electron chi connectivity index (χ0n) is 8.21. The number of hydrogen-bond acceptors (Lipinski definition) is 1. The highest BCUT2D eigenvalue weighted by Crippen LogP contribution is 2.39. The van der Waals surface area contributed by atoms with Gasteiger partial charge in [-0.2, -0.15) is 0 Å². The quantitative estimate of drug-likeness (QED) is 0.629. The van der Waals surface area contributed by atoms with E-state index < -0.39 is 0 Å². The molecule has 0 amide bonds. The molecule has 0 saturated heterocycles. The minimum absolute atomic E-state index is 0.0870. The zero-order chi connectivity index (χ0) is 9.19. The first-order valence-electron chi connectivity index (χ1n) is 4.84. The molecule has 0 aromatic carbocycles. The van der Waals surface area contributed by atoms with Crippen molar-refractivity contribution in [2.24, 2.45) is 11.3 Å². The van der Waals surface area contributed by atoms with Gasteiger partial charge in [-0.3, -0.25) is 0 Å². The maximum Gasteiger partial charge on any atom is 0.0571 e. The molecule has 0 unspecified atom stereocenters. The third-order valence-electron chi connectivity index (χ3n) is 2.95. The molecule has 0 radical (unpaired) electrons. The Hall–Kier alpha value is -0.300. The lowest BCUT2D eigenvalue weighted by Crippen LogP contribution is -2.33. The van der Waals surface area contributed by atoms with Gasteiger partial charge in [0.25, 0.3) is 0 Å². The van der Waals surface area contributed by atoms with Gasteiger partial charge in [0.2, 0.25) is 0 Å². The number of rotatable bonds is 2. The van der Waals surface area contributed by atoms with Gasteiger partial charge in [-0.25, -0.2) is 0 Å². The van der Waals surface area contributed by atoms with Gasteiger partial charge in [0.1, 0.15) is 0 Å². The topological polar surface area (TPSA) is 20.2 Å². The van der Waals surface area contributed by atoms with Gasteiger partial charge in [-0.15, -0.1) is 6.58 Å². The fourth-order valence-electron chi connectivity index (χ4n) is 2.18. The maximum atomic E-state index is 9.68. The van der Waals surface area contributed by atoms with Crippen molar-refractivity contribution in [2.75, 3.05) is 0 Å². The van der Waals surface area contributed by atoms with Crippen LogP contribution in [-0.2, 0) is 0 Å². The molecule has 0 aromatic heterocycles. The molecule has 0 aliphatic heterocycles. The number of aliphatic hydroxyl groups excluding tert-OH is 1. The second kappa shape index (κ2) is 3.61. The molecule has 1 aliphatic rings. The predicted molar refractivity (Wildman–Crippen MR) is 51.9 cm³/mol. The van der Waals surface area contributed by atoms with Gasteiger partial charge < -0.3 is 5.11 Å². The lowest BCUT2D eigenvalue weighted by Gasteiger charge is -2.38. The van der Waals surface area contributed by atoms with Crippen LogP contribution in [0.5, 0.6) is 0 Å². The fraction of sp³-hybridized carbons (Fsp3) is 0.818. The molecule has 1 N–H and O–H groups in total. The van der Waals surface area contributed by atoms with Gasteiger partial charge in [-0.1, -0.05) is 19.9 Å². The summed E-state index contributed by atoms with van der Waals surface area (Å²) in [6.07, 6.45) is 6.06. The van der Waals surface area contributed by atoms with Crippen LogP contribution in [0.1, 0.15) is 39.5 Å². The SMILES string of the molecule is C=CC[C@@H]1CC(C)(C)CC[C@H]1O. The first-order valence-corrected chi connectivity index (χ1v) is 4.84. The van der Waals surface area contributed by atoms with E-state index in [0.29, 0.717) is 11.3 Å². The van der Waals surface area contributed by atoms with E-state index in [1.54, 1.807) is 0 Å². The molecule has 1 rings (SSSR count). The minimum atomic E-state index is -0.0870. The van der Waals surface area contributed by atoms with Crippen LogP contribution >= 0.6 is 0 Å². The highest BCUT2D eigenvalue weighted by molar-refractivity contribution is 4.88. The molecule has 12 heavy (non-hydrogen) atoms. The summed E-state index contributed by atoms with van der Waals surface area (Å²) in [7, 11) is 0. The van der Waals surface area contributed by atoms with Gasteiger partial charge >= 0.3 is 0 Å². The Balaban J connectivity index is 2.53. The first-order chi connectivity index (χ1) is 5.55. The highest BCUT2D eigenvalue weighted by atomic mass is 16.3. The number of allylic oxidation sites excluding steroid dienone is 1. The maximum absolute atomic E-state index is 9.68. The van der Waals surface area contributed by atoms with Crippen LogP contribution in [0.4, 0.5) is 0 Å². The monoisotopic (exact) mass is 168 g/mol. The molecule has 1 saturated carbocycles. The molecule has 0 heterocycles. The average molecular weight is 168 g/mol. The molecule has 0 aromatic rings. The van der Waals surface area contributed by atoms with E-state index in [-0.39, 0.29) is 6.10 Å². The van der Waals surface area contributed by atoms with Gasteiger partial charge in [0.15, 0.2) is 0 Å². The van der Waals surface area contributed by atoms with Crippen LogP contribution in [0.3, 0.4) is 0 Å². The van der Waals surface area contributed by atoms with Crippen molar-refractivity contribution < 1.29 is 5.11 Å². The molecule has 0 spiro atoms. The summed E-state index contributed by atoms with van der Waals surface area (Å²) in [5.41, 5.74) is 0.424. The molecule has 1 nitrogen and oxygen atoms in total. The number of hydrogen-bond donors (Lipinski definition) is 1. The van der Waals surface area contributed by atoms with Gasteiger partial charge in [-0.05, 0) is 37.0 Å². The van der Waals surface area contributed by atoms with Crippen molar-refractivity contribution in [2.45, 2.75) is 45.6 Å². The Kier molecular flexibility index (Phi) is 2.94. The molecular formula is C11H20O. The van der Waals surface area contributed by atoms with E-state index in [1.807, 2.05) is 6.08 Å². The van der Waals surface area contributed by atoms with Crippen LogP contribution in [0.25, 0.3) is 0 Å². The summed E-state index contributed by atoms with van der Waals surface area (Å²) >= 11 is 0. The predicted octanol–water partition coefficient (Wildman–Crippen LogP) is 2.75. The Morgan fingerprint density at radius 2 is 2.25 bits per heavy atom. The first kappa shape index (κ1) is 9.79. The molecule has 70 valence electrons. The van der Waals surface area contributed by atoms with E-state index in [1.165, 1.54) is 0 Å².